The molecule has 24 heavy (non-hydrogen) atoms. The van der Waals surface area contributed by atoms with Crippen LogP contribution in [0.25, 0.3) is 0 Å². The first-order valence-corrected chi connectivity index (χ1v) is 9.86. The molecule has 1 saturated carbocycles. The second kappa shape index (κ2) is 7.15. The SMILES string of the molecule is CN1CCC2(CC1)CN(Cc1cccc(C3CCCC3)c1)CCO2. The van der Waals surface area contributed by atoms with Crippen molar-refractivity contribution < 1.29 is 4.74 Å². The van der Waals surface area contributed by atoms with E-state index >= 15 is 0 Å². The van der Waals surface area contributed by atoms with Crippen LogP contribution in [0.1, 0.15) is 55.6 Å². The first-order valence-electron chi connectivity index (χ1n) is 9.86. The highest BCUT2D eigenvalue weighted by molar-refractivity contribution is 5.27. The molecule has 0 atom stereocenters. The second-order valence-electron chi connectivity index (χ2n) is 8.27. The highest BCUT2D eigenvalue weighted by atomic mass is 16.5. The molecular weight excluding hydrogens is 296 g/mol. The average Bonchev–Trinajstić information content (AvgIpc) is 3.13. The summed E-state index contributed by atoms with van der Waals surface area (Å²) < 4.78 is 6.26. The lowest BCUT2D eigenvalue weighted by Gasteiger charge is -2.46. The molecule has 1 aromatic carbocycles. The topological polar surface area (TPSA) is 15.7 Å². The van der Waals surface area contributed by atoms with Gasteiger partial charge in [-0.05, 0) is 49.8 Å². The summed E-state index contributed by atoms with van der Waals surface area (Å²) in [5.41, 5.74) is 3.19. The number of likely N-dealkylation sites (tertiary alicyclic amines) is 1. The van der Waals surface area contributed by atoms with Gasteiger partial charge >= 0.3 is 0 Å². The highest BCUT2D eigenvalue weighted by Gasteiger charge is 2.38. The zero-order valence-corrected chi connectivity index (χ0v) is 15.2. The summed E-state index contributed by atoms with van der Waals surface area (Å²) in [6.07, 6.45) is 7.96. The van der Waals surface area contributed by atoms with Gasteiger partial charge in [0.1, 0.15) is 0 Å². The fraction of sp³-hybridized carbons (Fsp3) is 0.714. The molecule has 0 amide bonds. The zero-order chi connectivity index (χ0) is 16.4. The summed E-state index contributed by atoms with van der Waals surface area (Å²) in [4.78, 5) is 5.06. The molecule has 2 heterocycles. The maximum Gasteiger partial charge on any atom is 0.0833 e. The summed E-state index contributed by atoms with van der Waals surface area (Å²) in [6.45, 7) is 6.50. The molecule has 1 aromatic rings. The van der Waals surface area contributed by atoms with E-state index in [1.165, 1.54) is 57.2 Å². The van der Waals surface area contributed by atoms with E-state index in [0.717, 1.165) is 32.2 Å². The molecule has 1 aliphatic carbocycles. The number of hydrogen-bond acceptors (Lipinski definition) is 3. The Balaban J connectivity index is 1.40. The van der Waals surface area contributed by atoms with E-state index in [0.29, 0.717) is 0 Å². The van der Waals surface area contributed by atoms with E-state index in [-0.39, 0.29) is 5.60 Å². The number of morpholine rings is 1. The number of rotatable bonds is 3. The van der Waals surface area contributed by atoms with E-state index in [1.807, 2.05) is 0 Å². The van der Waals surface area contributed by atoms with Crippen LogP contribution in [0.3, 0.4) is 0 Å². The largest absolute Gasteiger partial charge is 0.372 e. The molecule has 3 nitrogen and oxygen atoms in total. The van der Waals surface area contributed by atoms with Gasteiger partial charge in [0.25, 0.3) is 0 Å². The minimum atomic E-state index is 0.119. The smallest absolute Gasteiger partial charge is 0.0833 e. The van der Waals surface area contributed by atoms with Gasteiger partial charge in [-0.2, -0.15) is 0 Å². The summed E-state index contributed by atoms with van der Waals surface area (Å²) in [5.74, 6) is 0.815. The summed E-state index contributed by atoms with van der Waals surface area (Å²) in [7, 11) is 2.22. The van der Waals surface area contributed by atoms with Crippen molar-refractivity contribution >= 4 is 0 Å². The zero-order valence-electron chi connectivity index (χ0n) is 15.2. The lowest BCUT2D eigenvalue weighted by atomic mass is 9.89. The summed E-state index contributed by atoms with van der Waals surface area (Å²) >= 11 is 0. The van der Waals surface area contributed by atoms with E-state index < -0.39 is 0 Å². The van der Waals surface area contributed by atoms with Crippen LogP contribution in [0, 0.1) is 0 Å². The van der Waals surface area contributed by atoms with Crippen molar-refractivity contribution in [1.82, 2.24) is 9.80 Å². The Kier molecular flexibility index (Phi) is 4.93. The normalized spacial score (nSPS) is 26.2. The molecule has 3 heteroatoms. The summed E-state index contributed by atoms with van der Waals surface area (Å²) in [5, 5.41) is 0. The molecule has 2 aliphatic heterocycles. The highest BCUT2D eigenvalue weighted by Crippen LogP contribution is 2.35. The summed E-state index contributed by atoms with van der Waals surface area (Å²) in [6, 6.07) is 9.41. The first kappa shape index (κ1) is 16.6. The Morgan fingerprint density at radius 2 is 1.92 bits per heavy atom. The minimum Gasteiger partial charge on any atom is -0.372 e. The molecule has 1 spiro atoms. The lowest BCUT2D eigenvalue weighted by Crippen LogP contribution is -2.56. The van der Waals surface area contributed by atoms with Gasteiger partial charge in [-0.1, -0.05) is 37.1 Å². The molecule has 0 radical (unpaired) electrons. The van der Waals surface area contributed by atoms with E-state index in [4.69, 9.17) is 4.74 Å². The van der Waals surface area contributed by atoms with Crippen molar-refractivity contribution in [2.75, 3.05) is 39.8 Å². The first-order chi connectivity index (χ1) is 11.7. The molecule has 0 unspecified atom stereocenters. The van der Waals surface area contributed by atoms with E-state index in [9.17, 15) is 0 Å². The number of benzene rings is 1. The molecule has 0 N–H and O–H groups in total. The van der Waals surface area contributed by atoms with Crippen molar-refractivity contribution in [3.8, 4) is 0 Å². The van der Waals surface area contributed by atoms with Crippen LogP contribution < -0.4 is 0 Å². The van der Waals surface area contributed by atoms with Gasteiger partial charge in [-0.25, -0.2) is 0 Å². The van der Waals surface area contributed by atoms with Gasteiger partial charge in [0, 0.05) is 32.7 Å². The quantitative estimate of drug-likeness (QED) is 0.842. The Bertz CT molecular complexity index is 545. The molecule has 132 valence electrons. The molecule has 4 rings (SSSR count). The third kappa shape index (κ3) is 3.68. The van der Waals surface area contributed by atoms with E-state index in [1.54, 1.807) is 5.56 Å². The van der Waals surface area contributed by atoms with E-state index in [2.05, 4.69) is 41.1 Å². The number of nitrogens with zero attached hydrogens (tertiary/aromatic N) is 2. The lowest BCUT2D eigenvalue weighted by molar-refractivity contribution is -0.135. The molecule has 2 saturated heterocycles. The predicted molar refractivity (Wildman–Crippen MR) is 98.3 cm³/mol. The van der Waals surface area contributed by atoms with Gasteiger partial charge in [-0.15, -0.1) is 0 Å². The van der Waals surface area contributed by atoms with Gasteiger partial charge in [-0.3, -0.25) is 4.90 Å². The van der Waals surface area contributed by atoms with Gasteiger partial charge < -0.3 is 9.64 Å². The maximum atomic E-state index is 6.26. The van der Waals surface area contributed by atoms with Crippen LogP contribution in [0.5, 0.6) is 0 Å². The number of piperidine rings is 1. The van der Waals surface area contributed by atoms with Gasteiger partial charge in [0.2, 0.25) is 0 Å². The minimum absolute atomic E-state index is 0.119. The molecule has 3 fully saturated rings. The average molecular weight is 329 g/mol. The van der Waals surface area contributed by atoms with Crippen molar-refractivity contribution in [1.29, 1.82) is 0 Å². The Labute approximate surface area is 147 Å². The fourth-order valence-electron chi connectivity index (χ4n) is 4.85. The van der Waals surface area contributed by atoms with Crippen LogP contribution in [0.2, 0.25) is 0 Å². The molecular formula is C21H32N2O. The van der Waals surface area contributed by atoms with Crippen molar-refractivity contribution in [3.05, 3.63) is 35.4 Å². The van der Waals surface area contributed by atoms with Crippen LogP contribution in [0.4, 0.5) is 0 Å². The monoisotopic (exact) mass is 328 g/mol. The fourth-order valence-corrected chi connectivity index (χ4v) is 4.85. The van der Waals surface area contributed by atoms with Crippen molar-refractivity contribution in [2.45, 2.75) is 56.6 Å². The van der Waals surface area contributed by atoms with Crippen LogP contribution in [0.15, 0.2) is 24.3 Å². The second-order valence-corrected chi connectivity index (χ2v) is 8.27. The standard InChI is InChI=1S/C21H32N2O/c1-22-11-9-21(10-12-22)17-23(13-14-24-21)16-18-5-4-8-20(15-18)19-6-2-3-7-19/h4-5,8,15,19H,2-3,6-7,9-14,16-17H2,1H3. The van der Waals surface area contributed by atoms with Gasteiger partial charge in [0.05, 0.1) is 12.2 Å². The Morgan fingerprint density at radius 3 is 2.71 bits per heavy atom. The molecule has 0 aromatic heterocycles. The van der Waals surface area contributed by atoms with Crippen LogP contribution >= 0.6 is 0 Å². The van der Waals surface area contributed by atoms with Gasteiger partial charge in [0.15, 0.2) is 0 Å². The molecule has 3 aliphatic rings. The van der Waals surface area contributed by atoms with Crippen molar-refractivity contribution in [2.24, 2.45) is 0 Å². The Hall–Kier alpha value is -0.900. The van der Waals surface area contributed by atoms with Crippen molar-refractivity contribution in [3.63, 3.8) is 0 Å². The third-order valence-corrected chi connectivity index (χ3v) is 6.41. The maximum absolute atomic E-state index is 6.26. The van der Waals surface area contributed by atoms with Crippen LogP contribution in [-0.2, 0) is 11.3 Å². The number of hydrogen-bond donors (Lipinski definition) is 0. The third-order valence-electron chi connectivity index (χ3n) is 6.41. The number of ether oxygens (including phenoxy) is 1. The molecule has 0 bridgehead atoms. The Morgan fingerprint density at radius 1 is 1.12 bits per heavy atom. The van der Waals surface area contributed by atoms with Crippen LogP contribution in [-0.4, -0.2) is 55.2 Å². The predicted octanol–water partition coefficient (Wildman–Crippen LogP) is 3.64.